The number of ether oxygens (including phenoxy) is 6. The molecule has 7 aliphatic rings. The lowest BCUT2D eigenvalue weighted by molar-refractivity contribution is -0.340. The zero-order valence-electron chi connectivity index (χ0n) is 40.3. The number of hydrogen-bond acceptors (Lipinski definition) is 19. The highest BCUT2D eigenvalue weighted by atomic mass is 16.7. The first kappa shape index (κ1) is 53.8. The monoisotopic (exact) mass is 963 g/mol. The molecule has 3 saturated carbocycles. The number of aliphatic hydroxyl groups excluding tert-OH is 12. The third-order valence-electron chi connectivity index (χ3n) is 18.7. The maximum absolute atomic E-state index is 12.6. The minimum Gasteiger partial charge on any atom is -0.394 e. The van der Waals surface area contributed by atoms with E-state index in [-0.39, 0.29) is 34.5 Å². The molecule has 19 heteroatoms. The molecule has 0 aromatic carbocycles. The first-order valence-electron chi connectivity index (χ1n) is 24.5. The lowest BCUT2D eigenvalue weighted by Crippen LogP contribution is -2.65. The van der Waals surface area contributed by atoms with E-state index < -0.39 is 147 Å². The molecule has 0 spiro atoms. The van der Waals surface area contributed by atoms with E-state index in [0.717, 1.165) is 24.8 Å². The van der Waals surface area contributed by atoms with Crippen LogP contribution in [0.2, 0.25) is 0 Å². The summed E-state index contributed by atoms with van der Waals surface area (Å²) in [6.07, 6.45) is -16.6. The van der Waals surface area contributed by atoms with Crippen molar-refractivity contribution in [3.63, 3.8) is 0 Å². The molecule has 7 rings (SSSR count). The van der Waals surface area contributed by atoms with Crippen molar-refractivity contribution in [3.05, 3.63) is 11.6 Å². The van der Waals surface area contributed by atoms with Crippen LogP contribution in [0.15, 0.2) is 11.6 Å². The summed E-state index contributed by atoms with van der Waals surface area (Å²) in [6, 6.07) is 0. The second-order valence-electron chi connectivity index (χ2n) is 23.1. The van der Waals surface area contributed by atoms with Crippen LogP contribution in [0.3, 0.4) is 0 Å². The summed E-state index contributed by atoms with van der Waals surface area (Å²) >= 11 is 0. The van der Waals surface area contributed by atoms with Crippen molar-refractivity contribution in [2.75, 3.05) is 19.8 Å². The highest BCUT2D eigenvalue weighted by molar-refractivity contribution is 5.32. The molecule has 0 aromatic rings. The molecule has 25 atom stereocenters. The van der Waals surface area contributed by atoms with E-state index in [1.54, 1.807) is 13.8 Å². The van der Waals surface area contributed by atoms with Crippen molar-refractivity contribution >= 4 is 0 Å². The van der Waals surface area contributed by atoms with Crippen LogP contribution in [0.5, 0.6) is 0 Å². The summed E-state index contributed by atoms with van der Waals surface area (Å²) in [5, 5.41) is 138. The largest absolute Gasteiger partial charge is 0.394 e. The maximum Gasteiger partial charge on any atom is 0.187 e. The Morgan fingerprint density at radius 2 is 1.21 bits per heavy atom. The predicted octanol–water partition coefficient (Wildman–Crippen LogP) is -1.06. The first-order valence-corrected chi connectivity index (χ1v) is 24.5. The summed E-state index contributed by atoms with van der Waals surface area (Å²) in [6.45, 7) is 14.8. The van der Waals surface area contributed by atoms with E-state index in [1.165, 1.54) is 0 Å². The number of allylic oxidation sites excluding steroid dienone is 1. The zero-order valence-corrected chi connectivity index (χ0v) is 40.3. The number of rotatable bonds is 14. The van der Waals surface area contributed by atoms with Crippen molar-refractivity contribution < 1.29 is 94.8 Å². The number of aliphatic hydroxyl groups is 13. The summed E-state index contributed by atoms with van der Waals surface area (Å²) < 4.78 is 35.4. The van der Waals surface area contributed by atoms with Crippen molar-refractivity contribution in [2.45, 2.75) is 223 Å². The van der Waals surface area contributed by atoms with Crippen LogP contribution in [-0.4, -0.2) is 202 Å². The van der Waals surface area contributed by atoms with Crippen LogP contribution in [0, 0.1) is 45.3 Å². The Morgan fingerprint density at radius 3 is 1.79 bits per heavy atom. The standard InChI is InChI=1S/C48H82O19/c1-21(9-13-31(45(4,5)61)67-42-39(59)36(56)33(53)26(19-50)64-42)22-15-16-46(6)28-12-10-23-24(48(28,8)29(51)17-47(22,46)7)11-14-30(44(23,2)3)66-43-40(60)37(57)34(54)27(65-43)20-62-41-38(58)35(55)32(52)25(18-49)63-41/h10,21-22,24-43,49-61H,9,11-20H2,1-8H3/t21-,22-,24-,25-,26-,27-,28+,29-,30+,31-,32-,33-,34-,35+,36+,37+,38-,39-,40-,41-,42+,43+,46+,47-,48+/m1/s1. The van der Waals surface area contributed by atoms with E-state index in [4.69, 9.17) is 28.4 Å². The van der Waals surface area contributed by atoms with Crippen LogP contribution in [-0.2, 0) is 28.4 Å². The minimum absolute atomic E-state index is 0.0188. The van der Waals surface area contributed by atoms with Crippen LogP contribution in [0.1, 0.15) is 107 Å². The van der Waals surface area contributed by atoms with E-state index in [9.17, 15) is 66.4 Å². The van der Waals surface area contributed by atoms with Gasteiger partial charge in [-0.2, -0.15) is 0 Å². The highest BCUT2D eigenvalue weighted by Gasteiger charge is 2.70. The fourth-order valence-corrected chi connectivity index (χ4v) is 14.2. The van der Waals surface area contributed by atoms with Crippen LogP contribution >= 0.6 is 0 Å². The van der Waals surface area contributed by atoms with Gasteiger partial charge in [0.2, 0.25) is 0 Å². The Balaban J connectivity index is 1.02. The van der Waals surface area contributed by atoms with E-state index in [2.05, 4.69) is 47.6 Å². The Hall–Kier alpha value is -1.02. The summed E-state index contributed by atoms with van der Waals surface area (Å²) in [4.78, 5) is 0. The Morgan fingerprint density at radius 1 is 0.672 bits per heavy atom. The molecule has 0 aromatic heterocycles. The summed E-state index contributed by atoms with van der Waals surface area (Å²) in [5.74, 6) is 0.560. The molecule has 0 unspecified atom stereocenters. The molecule has 6 fully saturated rings. The Labute approximate surface area is 393 Å². The number of hydrogen-bond donors (Lipinski definition) is 13. The van der Waals surface area contributed by atoms with Crippen molar-refractivity contribution in [2.24, 2.45) is 45.3 Å². The highest BCUT2D eigenvalue weighted by Crippen LogP contribution is 2.75. The predicted molar refractivity (Wildman–Crippen MR) is 235 cm³/mol. The SMILES string of the molecule is C[C@H](CC[C@@H](O[C@@H]1O[C@H](CO)[C@@H](O)[C@H](O)[C@H]1O)C(C)(C)O)[C@H]1CC[C@@]2(C)[C@@H]3CC=C4[C@@H](CC[C@H](O[C@@H]5O[C@H](CO[C@@H]6O[C@H](CO)[C@@H](O)[C@H](O)[C@H]6O)[C@@H](O)[C@H](O)[C@H]5O)C4(C)C)[C@]3(C)[C@H](O)C[C@]12C. The van der Waals surface area contributed by atoms with Gasteiger partial charge in [-0.1, -0.05) is 53.2 Å². The van der Waals surface area contributed by atoms with Crippen molar-refractivity contribution in [3.8, 4) is 0 Å². The van der Waals surface area contributed by atoms with Gasteiger partial charge in [0.05, 0.1) is 43.7 Å². The van der Waals surface area contributed by atoms with Gasteiger partial charge in [-0.05, 0) is 99.7 Å². The molecule has 3 saturated heterocycles. The minimum atomic E-state index is -1.69. The van der Waals surface area contributed by atoms with Gasteiger partial charge in [-0.25, -0.2) is 0 Å². The molecule has 13 N–H and O–H groups in total. The van der Waals surface area contributed by atoms with Crippen LogP contribution < -0.4 is 0 Å². The van der Waals surface area contributed by atoms with E-state index in [0.29, 0.717) is 32.1 Å². The van der Waals surface area contributed by atoms with Gasteiger partial charge < -0.3 is 94.8 Å². The van der Waals surface area contributed by atoms with Gasteiger partial charge in [-0.15, -0.1) is 0 Å². The zero-order chi connectivity index (χ0) is 49.5. The molecule has 3 aliphatic heterocycles. The third-order valence-corrected chi connectivity index (χ3v) is 18.7. The van der Waals surface area contributed by atoms with Gasteiger partial charge in [0.15, 0.2) is 18.9 Å². The molecular weight excluding hydrogens is 881 g/mol. The average Bonchev–Trinajstić information content (AvgIpc) is 3.54. The molecule has 19 nitrogen and oxygen atoms in total. The second kappa shape index (κ2) is 19.8. The van der Waals surface area contributed by atoms with Crippen LogP contribution in [0.25, 0.3) is 0 Å². The molecular formula is C48H82O19. The fraction of sp³-hybridized carbons (Fsp3) is 0.958. The second-order valence-corrected chi connectivity index (χ2v) is 23.1. The van der Waals surface area contributed by atoms with Crippen LogP contribution in [0.4, 0.5) is 0 Å². The molecule has 0 bridgehead atoms. The lowest BCUT2D eigenvalue weighted by atomic mass is 9.38. The normalized spacial score (nSPS) is 51.0. The third kappa shape index (κ3) is 9.24. The van der Waals surface area contributed by atoms with E-state index in [1.807, 2.05) is 0 Å². The molecule has 0 amide bonds. The fourth-order valence-electron chi connectivity index (χ4n) is 14.2. The number of fused-ring (bicyclic) bond motifs is 5. The molecule has 67 heavy (non-hydrogen) atoms. The van der Waals surface area contributed by atoms with Gasteiger partial charge in [-0.3, -0.25) is 0 Å². The molecule has 0 radical (unpaired) electrons. The van der Waals surface area contributed by atoms with Gasteiger partial charge in [0, 0.05) is 10.8 Å². The molecule has 3 heterocycles. The van der Waals surface area contributed by atoms with Crippen molar-refractivity contribution in [1.29, 1.82) is 0 Å². The molecule has 4 aliphatic carbocycles. The first-order chi connectivity index (χ1) is 31.2. The smallest absolute Gasteiger partial charge is 0.187 e. The Bertz CT molecular complexity index is 1710. The summed E-state index contributed by atoms with van der Waals surface area (Å²) in [5.41, 5.74) is -1.65. The van der Waals surface area contributed by atoms with Gasteiger partial charge >= 0.3 is 0 Å². The van der Waals surface area contributed by atoms with Gasteiger partial charge in [0.25, 0.3) is 0 Å². The maximum atomic E-state index is 12.6. The summed E-state index contributed by atoms with van der Waals surface area (Å²) in [7, 11) is 0. The lowest BCUT2D eigenvalue weighted by Gasteiger charge is -2.67. The molecule has 388 valence electrons. The van der Waals surface area contributed by atoms with E-state index >= 15 is 0 Å². The quantitative estimate of drug-likeness (QED) is 0.0924. The van der Waals surface area contributed by atoms with Crippen molar-refractivity contribution in [1.82, 2.24) is 0 Å². The van der Waals surface area contributed by atoms with Gasteiger partial charge in [0.1, 0.15) is 73.2 Å². The topological polar surface area (TPSA) is 318 Å². The average molecular weight is 963 g/mol. The Kier molecular flexibility index (Phi) is 15.9.